The molecule has 0 atom stereocenters. The van der Waals surface area contributed by atoms with Crippen LogP contribution in [-0.4, -0.2) is 11.6 Å². The van der Waals surface area contributed by atoms with Crippen molar-refractivity contribution in [3.8, 4) is 5.75 Å². The Labute approximate surface area is 135 Å². The minimum atomic E-state index is -0.0934. The summed E-state index contributed by atoms with van der Waals surface area (Å²) in [6, 6.07) is 6.45. The maximum Gasteiger partial charge on any atom is 0.122 e. The van der Waals surface area contributed by atoms with Crippen LogP contribution in [0.15, 0.2) is 18.2 Å². The van der Waals surface area contributed by atoms with E-state index in [1.165, 1.54) is 11.1 Å². The van der Waals surface area contributed by atoms with Crippen LogP contribution in [0.4, 0.5) is 0 Å². The van der Waals surface area contributed by atoms with Crippen LogP contribution in [0.25, 0.3) is 0 Å². The molecule has 0 radical (unpaired) electrons. The van der Waals surface area contributed by atoms with Gasteiger partial charge in [0.05, 0.1) is 11.6 Å². The smallest absolute Gasteiger partial charge is 0.122 e. The van der Waals surface area contributed by atoms with Crippen molar-refractivity contribution in [3.63, 3.8) is 0 Å². The molecule has 1 aromatic rings. The molecule has 0 aromatic heterocycles. The lowest BCUT2D eigenvalue weighted by atomic mass is 9.86. The molecule has 0 saturated carbocycles. The predicted molar refractivity (Wildman–Crippen MR) is 95.2 cm³/mol. The number of hydrogen-bond acceptors (Lipinski definition) is 2. The first-order valence-electron chi connectivity index (χ1n) is 7.58. The van der Waals surface area contributed by atoms with Crippen molar-refractivity contribution in [3.05, 3.63) is 29.3 Å². The molecule has 1 rings (SSSR count). The van der Waals surface area contributed by atoms with E-state index in [9.17, 15) is 0 Å². The molecule has 0 spiro atoms. The monoisotopic (exact) mass is 307 g/mol. The SMILES string of the molecule is Cc1cc(C(C)(C)C)ccc1OCCCC(C)(C)C(N)=S. The highest BCUT2D eigenvalue weighted by Crippen LogP contribution is 2.28. The summed E-state index contributed by atoms with van der Waals surface area (Å²) in [6.07, 6.45) is 1.90. The summed E-state index contributed by atoms with van der Waals surface area (Å²) in [5.74, 6) is 0.969. The molecule has 0 aliphatic carbocycles. The Hall–Kier alpha value is -1.09. The van der Waals surface area contributed by atoms with Gasteiger partial charge in [0.1, 0.15) is 5.75 Å². The number of thiocarbonyl (C=S) groups is 1. The number of hydrogen-bond donors (Lipinski definition) is 1. The van der Waals surface area contributed by atoms with E-state index in [0.29, 0.717) is 11.6 Å². The number of rotatable bonds is 6. The van der Waals surface area contributed by atoms with Gasteiger partial charge < -0.3 is 10.5 Å². The third kappa shape index (κ3) is 5.31. The fourth-order valence-electron chi connectivity index (χ4n) is 2.10. The maximum atomic E-state index is 5.90. The van der Waals surface area contributed by atoms with Crippen LogP contribution in [0.5, 0.6) is 5.75 Å². The average Bonchev–Trinajstić information content (AvgIpc) is 2.34. The van der Waals surface area contributed by atoms with Gasteiger partial charge in [0.25, 0.3) is 0 Å². The zero-order valence-electron chi connectivity index (χ0n) is 14.2. The first-order valence-corrected chi connectivity index (χ1v) is 7.99. The molecule has 0 saturated heterocycles. The molecule has 0 aliphatic heterocycles. The Morgan fingerprint density at radius 1 is 1.19 bits per heavy atom. The van der Waals surface area contributed by atoms with Crippen molar-refractivity contribution in [1.29, 1.82) is 0 Å². The van der Waals surface area contributed by atoms with Gasteiger partial charge in [-0.1, -0.05) is 59.0 Å². The minimum absolute atomic E-state index is 0.0934. The molecule has 2 nitrogen and oxygen atoms in total. The Morgan fingerprint density at radius 2 is 1.81 bits per heavy atom. The van der Waals surface area contributed by atoms with Crippen LogP contribution in [0.3, 0.4) is 0 Å². The van der Waals surface area contributed by atoms with Crippen molar-refractivity contribution in [2.24, 2.45) is 11.1 Å². The van der Waals surface area contributed by atoms with Crippen LogP contribution < -0.4 is 10.5 Å². The van der Waals surface area contributed by atoms with E-state index in [2.05, 4.69) is 59.7 Å². The van der Waals surface area contributed by atoms with E-state index in [1.54, 1.807) is 0 Å². The Bertz CT molecular complexity index is 500. The van der Waals surface area contributed by atoms with Gasteiger partial charge in [-0.3, -0.25) is 0 Å². The number of benzene rings is 1. The van der Waals surface area contributed by atoms with E-state index in [4.69, 9.17) is 22.7 Å². The summed E-state index contributed by atoms with van der Waals surface area (Å²) in [4.78, 5) is 0.577. The van der Waals surface area contributed by atoms with Gasteiger partial charge >= 0.3 is 0 Å². The van der Waals surface area contributed by atoms with E-state index in [1.807, 2.05) is 0 Å². The average molecular weight is 308 g/mol. The zero-order chi connectivity index (χ0) is 16.3. The van der Waals surface area contributed by atoms with Crippen molar-refractivity contribution in [2.45, 2.75) is 59.8 Å². The van der Waals surface area contributed by atoms with E-state index in [-0.39, 0.29) is 10.8 Å². The number of aryl methyl sites for hydroxylation is 1. The molecule has 0 heterocycles. The van der Waals surface area contributed by atoms with Crippen molar-refractivity contribution in [2.75, 3.05) is 6.61 Å². The van der Waals surface area contributed by atoms with Gasteiger partial charge in [-0.25, -0.2) is 0 Å². The maximum absolute atomic E-state index is 5.90. The van der Waals surface area contributed by atoms with Gasteiger partial charge in [0.15, 0.2) is 0 Å². The quantitative estimate of drug-likeness (QED) is 0.607. The van der Waals surface area contributed by atoms with E-state index in [0.717, 1.165) is 18.6 Å². The molecule has 1 aromatic carbocycles. The summed E-state index contributed by atoms with van der Waals surface area (Å²) in [6.45, 7) is 13.6. The molecule has 0 aliphatic rings. The Kier molecular flexibility index (Phi) is 5.80. The van der Waals surface area contributed by atoms with Crippen molar-refractivity contribution < 1.29 is 4.74 Å². The topological polar surface area (TPSA) is 35.2 Å². The van der Waals surface area contributed by atoms with Crippen LogP contribution in [-0.2, 0) is 5.41 Å². The second-order valence-corrected chi connectivity index (χ2v) is 7.87. The molecule has 3 heteroatoms. The first-order chi connectivity index (χ1) is 9.54. The molecular formula is C18H29NOS. The molecule has 0 unspecified atom stereocenters. The van der Waals surface area contributed by atoms with Crippen LogP contribution in [0.2, 0.25) is 0 Å². The Balaban J connectivity index is 2.56. The molecule has 118 valence electrons. The largest absolute Gasteiger partial charge is 0.493 e. The van der Waals surface area contributed by atoms with Crippen molar-refractivity contribution in [1.82, 2.24) is 0 Å². The summed E-state index contributed by atoms with van der Waals surface area (Å²) in [7, 11) is 0. The summed E-state index contributed by atoms with van der Waals surface area (Å²) >= 11 is 5.08. The standard InChI is InChI=1S/C18H29NOS/c1-13-12-14(17(2,3)4)8-9-15(13)20-11-7-10-18(5,6)16(19)21/h8-9,12H,7,10-11H2,1-6H3,(H2,19,21). The highest BCUT2D eigenvalue weighted by Gasteiger charge is 2.20. The number of ether oxygens (including phenoxy) is 1. The van der Waals surface area contributed by atoms with Crippen LogP contribution in [0.1, 0.15) is 58.6 Å². The molecular weight excluding hydrogens is 278 g/mol. The lowest BCUT2D eigenvalue weighted by Crippen LogP contribution is -2.30. The lowest BCUT2D eigenvalue weighted by molar-refractivity contribution is 0.286. The van der Waals surface area contributed by atoms with Gasteiger partial charge in [0, 0.05) is 5.41 Å². The van der Waals surface area contributed by atoms with Gasteiger partial charge in [-0.05, 0) is 42.4 Å². The van der Waals surface area contributed by atoms with E-state index < -0.39 is 0 Å². The summed E-state index contributed by atoms with van der Waals surface area (Å²) in [5.41, 5.74) is 8.34. The number of nitrogens with two attached hydrogens (primary N) is 1. The van der Waals surface area contributed by atoms with Gasteiger partial charge in [0.2, 0.25) is 0 Å². The van der Waals surface area contributed by atoms with Crippen LogP contribution >= 0.6 is 12.2 Å². The fraction of sp³-hybridized carbons (Fsp3) is 0.611. The molecule has 0 amide bonds. The van der Waals surface area contributed by atoms with Gasteiger partial charge in [-0.2, -0.15) is 0 Å². The zero-order valence-corrected chi connectivity index (χ0v) is 15.1. The predicted octanol–water partition coefficient (Wildman–Crippen LogP) is 4.76. The Morgan fingerprint density at radius 3 is 2.29 bits per heavy atom. The highest BCUT2D eigenvalue weighted by molar-refractivity contribution is 7.80. The molecule has 21 heavy (non-hydrogen) atoms. The highest BCUT2D eigenvalue weighted by atomic mass is 32.1. The molecule has 0 bridgehead atoms. The molecule has 0 fully saturated rings. The second kappa shape index (κ2) is 6.78. The van der Waals surface area contributed by atoms with Gasteiger partial charge in [-0.15, -0.1) is 0 Å². The normalized spacial score (nSPS) is 12.3. The third-order valence-electron chi connectivity index (χ3n) is 3.91. The fourth-order valence-corrected chi connectivity index (χ4v) is 2.20. The minimum Gasteiger partial charge on any atom is -0.493 e. The second-order valence-electron chi connectivity index (χ2n) is 7.43. The van der Waals surface area contributed by atoms with E-state index >= 15 is 0 Å². The lowest BCUT2D eigenvalue weighted by Gasteiger charge is -2.23. The first kappa shape index (κ1) is 18.0. The summed E-state index contributed by atoms with van der Waals surface area (Å²) in [5, 5.41) is 0. The summed E-state index contributed by atoms with van der Waals surface area (Å²) < 4.78 is 5.90. The van der Waals surface area contributed by atoms with Crippen LogP contribution in [0, 0.1) is 12.3 Å². The third-order valence-corrected chi connectivity index (χ3v) is 4.46. The molecule has 2 N–H and O–H groups in total. The van der Waals surface area contributed by atoms with Crippen molar-refractivity contribution >= 4 is 17.2 Å².